The van der Waals surface area contributed by atoms with Crippen molar-refractivity contribution in [1.29, 1.82) is 0 Å². The number of nitrogens with zero attached hydrogens (tertiary/aromatic N) is 5. The number of fused-ring (bicyclic) bond motifs is 1. The van der Waals surface area contributed by atoms with Gasteiger partial charge in [0.05, 0.1) is 5.69 Å². The lowest BCUT2D eigenvalue weighted by molar-refractivity contribution is -0.159. The van der Waals surface area contributed by atoms with Gasteiger partial charge in [0.1, 0.15) is 24.2 Å². The van der Waals surface area contributed by atoms with E-state index in [4.69, 9.17) is 4.74 Å². The predicted octanol–water partition coefficient (Wildman–Crippen LogP) is 3.16. The SMILES string of the molecule is CCCCCCCN(CC)C1C=C(N(C)C)C(=O)N(CC(=O)Nc2ccc3c(c2)N(C)CO3)N1C. The highest BCUT2D eigenvalue weighted by atomic mass is 16.5. The van der Waals surface area contributed by atoms with Gasteiger partial charge in [-0.15, -0.1) is 0 Å². The molecule has 1 unspecified atom stereocenters. The van der Waals surface area contributed by atoms with E-state index < -0.39 is 0 Å². The Labute approximate surface area is 210 Å². The molecule has 1 atom stereocenters. The Morgan fingerprint density at radius 2 is 1.89 bits per heavy atom. The lowest BCUT2D eigenvalue weighted by atomic mass is 10.1. The Balaban J connectivity index is 1.71. The van der Waals surface area contributed by atoms with Crippen molar-refractivity contribution < 1.29 is 14.3 Å². The summed E-state index contributed by atoms with van der Waals surface area (Å²) in [6.45, 7) is 6.61. The molecule has 1 aromatic carbocycles. The number of carbonyl (C=O) groups is 2. The Morgan fingerprint density at radius 1 is 1.14 bits per heavy atom. The Morgan fingerprint density at radius 3 is 2.57 bits per heavy atom. The van der Waals surface area contributed by atoms with E-state index in [-0.39, 0.29) is 24.5 Å². The first-order valence-electron chi connectivity index (χ1n) is 12.7. The molecule has 2 aliphatic heterocycles. The molecule has 0 saturated carbocycles. The zero-order valence-corrected chi connectivity index (χ0v) is 22.2. The van der Waals surface area contributed by atoms with E-state index in [2.05, 4.69) is 24.1 Å². The van der Waals surface area contributed by atoms with Crippen LogP contribution in [0, 0.1) is 0 Å². The van der Waals surface area contributed by atoms with Crippen molar-refractivity contribution in [3.8, 4) is 5.75 Å². The summed E-state index contributed by atoms with van der Waals surface area (Å²) >= 11 is 0. The van der Waals surface area contributed by atoms with Gasteiger partial charge in [-0.05, 0) is 43.8 Å². The molecule has 3 rings (SSSR count). The molecule has 9 nitrogen and oxygen atoms in total. The van der Waals surface area contributed by atoms with E-state index in [0.29, 0.717) is 18.1 Å². The molecule has 1 aromatic rings. The van der Waals surface area contributed by atoms with E-state index in [1.165, 1.54) is 25.7 Å². The predicted molar refractivity (Wildman–Crippen MR) is 140 cm³/mol. The molecule has 2 amide bonds. The van der Waals surface area contributed by atoms with Gasteiger partial charge in [-0.2, -0.15) is 5.01 Å². The van der Waals surface area contributed by atoms with Crippen molar-refractivity contribution in [3.05, 3.63) is 30.0 Å². The van der Waals surface area contributed by atoms with Crippen LogP contribution in [0.1, 0.15) is 46.0 Å². The number of unbranched alkanes of at least 4 members (excludes halogenated alkanes) is 4. The number of likely N-dealkylation sites (N-methyl/N-ethyl adjacent to an activating group) is 3. The second-order valence-electron chi connectivity index (χ2n) is 9.54. The van der Waals surface area contributed by atoms with Crippen molar-refractivity contribution in [2.24, 2.45) is 0 Å². The van der Waals surface area contributed by atoms with E-state index in [0.717, 1.165) is 30.9 Å². The van der Waals surface area contributed by atoms with E-state index >= 15 is 0 Å². The van der Waals surface area contributed by atoms with Crippen LogP contribution in [0.3, 0.4) is 0 Å². The van der Waals surface area contributed by atoms with Crippen molar-refractivity contribution in [2.45, 2.75) is 52.1 Å². The van der Waals surface area contributed by atoms with Crippen molar-refractivity contribution in [1.82, 2.24) is 19.8 Å². The maximum absolute atomic E-state index is 13.3. The molecule has 0 spiro atoms. The molecule has 0 bridgehead atoms. The monoisotopic (exact) mass is 486 g/mol. The van der Waals surface area contributed by atoms with Gasteiger partial charge in [0, 0.05) is 33.9 Å². The van der Waals surface area contributed by atoms with Gasteiger partial charge in [-0.3, -0.25) is 19.5 Å². The number of hydrogen-bond donors (Lipinski definition) is 1. The van der Waals surface area contributed by atoms with Crippen molar-refractivity contribution in [2.75, 3.05) is 64.8 Å². The van der Waals surface area contributed by atoms with Gasteiger partial charge >= 0.3 is 0 Å². The number of carbonyl (C=O) groups excluding carboxylic acids is 2. The van der Waals surface area contributed by atoms with Crippen molar-refractivity contribution >= 4 is 23.2 Å². The van der Waals surface area contributed by atoms with Gasteiger partial charge in [0.25, 0.3) is 5.91 Å². The standard InChI is InChI=1S/C26H42N6O3/c1-7-9-10-11-12-15-31(8-2)25-17-22(28(3)4)26(34)32(30(25)6)18-24(33)27-20-13-14-23-21(16-20)29(5)19-35-23/h13-14,16-17,25H,7-12,15,18-19H2,1-6H3,(H,27,33). The summed E-state index contributed by atoms with van der Waals surface area (Å²) < 4.78 is 5.58. The average molecular weight is 487 g/mol. The molecular formula is C26H42N6O3. The number of rotatable bonds is 12. The lowest BCUT2D eigenvalue weighted by Gasteiger charge is -2.45. The van der Waals surface area contributed by atoms with Crippen LogP contribution in [-0.4, -0.2) is 92.4 Å². The summed E-state index contributed by atoms with van der Waals surface area (Å²) in [7, 11) is 7.57. The Kier molecular flexibility index (Phi) is 9.40. The second kappa shape index (κ2) is 12.3. The second-order valence-corrected chi connectivity index (χ2v) is 9.54. The highest BCUT2D eigenvalue weighted by Gasteiger charge is 2.36. The summed E-state index contributed by atoms with van der Waals surface area (Å²) in [5.41, 5.74) is 2.21. The van der Waals surface area contributed by atoms with Gasteiger partial charge in [0.2, 0.25) is 5.91 Å². The van der Waals surface area contributed by atoms with Crippen molar-refractivity contribution in [3.63, 3.8) is 0 Å². The molecule has 0 aliphatic carbocycles. The quantitative estimate of drug-likeness (QED) is 0.455. The zero-order chi connectivity index (χ0) is 25.5. The van der Waals surface area contributed by atoms with Crippen LogP contribution < -0.4 is 15.0 Å². The van der Waals surface area contributed by atoms with Gasteiger partial charge < -0.3 is 19.9 Å². The van der Waals surface area contributed by atoms with Crippen LogP contribution in [-0.2, 0) is 9.59 Å². The molecule has 9 heteroatoms. The lowest BCUT2D eigenvalue weighted by Crippen LogP contribution is -2.61. The third kappa shape index (κ3) is 6.46. The van der Waals surface area contributed by atoms with E-state index in [9.17, 15) is 9.59 Å². The maximum Gasteiger partial charge on any atom is 0.284 e. The molecule has 35 heavy (non-hydrogen) atoms. The first-order valence-corrected chi connectivity index (χ1v) is 12.7. The normalized spacial score (nSPS) is 18.0. The van der Waals surface area contributed by atoms with Crippen LogP contribution in [0.15, 0.2) is 30.0 Å². The molecule has 2 heterocycles. The largest absolute Gasteiger partial charge is 0.471 e. The minimum atomic E-state index is -0.243. The first kappa shape index (κ1) is 26.8. The highest BCUT2D eigenvalue weighted by molar-refractivity contribution is 5.99. The molecule has 1 N–H and O–H groups in total. The van der Waals surface area contributed by atoms with Gasteiger partial charge in [0.15, 0.2) is 6.73 Å². The number of amides is 2. The fourth-order valence-electron chi connectivity index (χ4n) is 4.59. The fraction of sp³-hybridized carbons (Fsp3) is 0.615. The molecule has 2 aliphatic rings. The molecule has 0 aromatic heterocycles. The van der Waals surface area contributed by atoms with Crippen LogP contribution in [0.4, 0.5) is 11.4 Å². The number of ether oxygens (including phenoxy) is 1. The maximum atomic E-state index is 13.3. The molecular weight excluding hydrogens is 444 g/mol. The highest BCUT2D eigenvalue weighted by Crippen LogP contribution is 2.35. The molecule has 194 valence electrons. The van der Waals surface area contributed by atoms with Crippen LogP contribution in [0.2, 0.25) is 0 Å². The number of hydrazine groups is 1. The zero-order valence-electron chi connectivity index (χ0n) is 22.2. The fourth-order valence-corrected chi connectivity index (χ4v) is 4.59. The van der Waals surface area contributed by atoms with Gasteiger partial charge in [-0.25, -0.2) is 0 Å². The number of hydrogen-bond acceptors (Lipinski definition) is 7. The third-order valence-corrected chi connectivity index (χ3v) is 6.70. The Bertz CT molecular complexity index is 918. The summed E-state index contributed by atoms with van der Waals surface area (Å²) in [6, 6.07) is 5.57. The summed E-state index contributed by atoms with van der Waals surface area (Å²) in [5, 5.41) is 6.40. The van der Waals surface area contributed by atoms with E-state index in [1.54, 1.807) is 5.01 Å². The van der Waals surface area contributed by atoms with E-state index in [1.807, 2.05) is 67.3 Å². The summed E-state index contributed by atoms with van der Waals surface area (Å²) in [6.07, 6.45) is 7.99. The smallest absolute Gasteiger partial charge is 0.284 e. The number of benzene rings is 1. The first-order chi connectivity index (χ1) is 16.8. The average Bonchev–Trinajstić information content (AvgIpc) is 3.19. The minimum Gasteiger partial charge on any atom is -0.471 e. The minimum absolute atomic E-state index is 0.0610. The number of nitrogens with one attached hydrogen (secondary N) is 1. The third-order valence-electron chi connectivity index (χ3n) is 6.70. The van der Waals surface area contributed by atoms with Gasteiger partial charge in [-0.1, -0.05) is 39.5 Å². The van der Waals surface area contributed by atoms with Crippen LogP contribution in [0.5, 0.6) is 5.75 Å². The number of anilines is 2. The molecule has 0 radical (unpaired) electrons. The summed E-state index contributed by atoms with van der Waals surface area (Å²) in [5.74, 6) is 0.382. The molecule has 0 saturated heterocycles. The Hall–Kier alpha value is -2.78. The summed E-state index contributed by atoms with van der Waals surface area (Å²) in [4.78, 5) is 32.5. The topological polar surface area (TPSA) is 71.6 Å². The molecule has 0 fully saturated rings. The van der Waals surface area contributed by atoms with Crippen LogP contribution in [0.25, 0.3) is 0 Å². The van der Waals surface area contributed by atoms with Crippen LogP contribution >= 0.6 is 0 Å².